The second kappa shape index (κ2) is 7.38. The molecular weight excluding hydrogens is 429 g/mol. The van der Waals surface area contributed by atoms with Gasteiger partial charge in [0, 0.05) is 24.2 Å². The molecular formula is C23H16FN5O2S. The fraction of sp³-hybridized carbons (Fsp3) is 0.130. The van der Waals surface area contributed by atoms with E-state index in [1.807, 2.05) is 36.4 Å². The molecule has 0 fully saturated rings. The predicted octanol–water partition coefficient (Wildman–Crippen LogP) is 4.60. The summed E-state index contributed by atoms with van der Waals surface area (Å²) in [4.78, 5) is 31.9. The Morgan fingerprint density at radius 3 is 2.88 bits per heavy atom. The number of rotatable bonds is 3. The molecule has 2 aromatic carbocycles. The molecule has 1 aliphatic rings. The van der Waals surface area contributed by atoms with Crippen molar-refractivity contribution in [1.29, 1.82) is 0 Å². The van der Waals surface area contributed by atoms with E-state index in [2.05, 4.69) is 19.9 Å². The standard InChI is InChI=1S/C23H16FN5O2S/c24-14-7-4-8-16-18(14)28-22(32-16)20-19-15(25-11-26-19)9-10-29(20)23(30)21-17(27-12-31-21)13-5-2-1-3-6-13/h1-8,11-12,20H,9-10H2,(H,25,26)/t20-/m0/s1. The second-order valence-corrected chi connectivity index (χ2v) is 8.51. The van der Waals surface area contributed by atoms with Gasteiger partial charge in [0.1, 0.15) is 28.1 Å². The molecule has 32 heavy (non-hydrogen) atoms. The summed E-state index contributed by atoms with van der Waals surface area (Å²) >= 11 is 1.36. The van der Waals surface area contributed by atoms with Gasteiger partial charge in [-0.2, -0.15) is 0 Å². The average molecular weight is 445 g/mol. The lowest BCUT2D eigenvalue weighted by Crippen LogP contribution is -2.40. The molecule has 1 N–H and O–H groups in total. The van der Waals surface area contributed by atoms with Crippen molar-refractivity contribution < 1.29 is 13.6 Å². The first-order valence-corrected chi connectivity index (χ1v) is 10.9. The summed E-state index contributed by atoms with van der Waals surface area (Å²) in [6.45, 7) is 0.437. The Bertz CT molecular complexity index is 1440. The van der Waals surface area contributed by atoms with E-state index in [9.17, 15) is 9.18 Å². The number of nitrogens with zero attached hydrogens (tertiary/aromatic N) is 4. The van der Waals surface area contributed by atoms with E-state index in [-0.39, 0.29) is 17.5 Å². The van der Waals surface area contributed by atoms with Crippen molar-refractivity contribution in [3.8, 4) is 11.3 Å². The van der Waals surface area contributed by atoms with Crippen LogP contribution in [0.3, 0.4) is 0 Å². The summed E-state index contributed by atoms with van der Waals surface area (Å²) in [7, 11) is 0. The Balaban J connectivity index is 1.46. The molecule has 0 unspecified atom stereocenters. The number of carbonyl (C=O) groups excluding carboxylic acids is 1. The van der Waals surface area contributed by atoms with Crippen LogP contribution in [0.4, 0.5) is 4.39 Å². The van der Waals surface area contributed by atoms with Gasteiger partial charge in [0.15, 0.2) is 6.39 Å². The van der Waals surface area contributed by atoms with Crippen LogP contribution in [0.15, 0.2) is 65.7 Å². The lowest BCUT2D eigenvalue weighted by molar-refractivity contribution is 0.0659. The number of thiazole rings is 1. The minimum Gasteiger partial charge on any atom is -0.438 e. The quantitative estimate of drug-likeness (QED) is 0.438. The summed E-state index contributed by atoms with van der Waals surface area (Å²) in [6.07, 6.45) is 3.51. The maximum atomic E-state index is 14.3. The fourth-order valence-corrected chi connectivity index (χ4v) is 5.22. The third-order valence-corrected chi connectivity index (χ3v) is 6.69. The molecule has 1 atom stereocenters. The van der Waals surface area contributed by atoms with Crippen molar-refractivity contribution in [2.45, 2.75) is 12.5 Å². The van der Waals surface area contributed by atoms with Gasteiger partial charge in [0.25, 0.3) is 5.91 Å². The number of fused-ring (bicyclic) bond motifs is 2. The molecule has 5 aromatic rings. The lowest BCUT2D eigenvalue weighted by atomic mass is 10.0. The number of carbonyl (C=O) groups is 1. The van der Waals surface area contributed by atoms with E-state index in [0.29, 0.717) is 34.9 Å². The van der Waals surface area contributed by atoms with Crippen LogP contribution in [0, 0.1) is 5.82 Å². The lowest BCUT2D eigenvalue weighted by Gasteiger charge is -2.33. The Hall–Kier alpha value is -3.85. The number of benzene rings is 2. The van der Waals surface area contributed by atoms with Gasteiger partial charge in [-0.1, -0.05) is 36.4 Å². The van der Waals surface area contributed by atoms with Crippen molar-refractivity contribution in [1.82, 2.24) is 24.8 Å². The number of halogens is 1. The molecule has 7 nitrogen and oxygen atoms in total. The van der Waals surface area contributed by atoms with E-state index in [1.165, 1.54) is 23.8 Å². The molecule has 0 saturated heterocycles. The Morgan fingerprint density at radius 1 is 1.16 bits per heavy atom. The number of amides is 1. The number of nitrogens with one attached hydrogen (secondary N) is 1. The smallest absolute Gasteiger partial charge is 0.292 e. The van der Waals surface area contributed by atoms with Crippen molar-refractivity contribution in [3.05, 3.63) is 89.2 Å². The van der Waals surface area contributed by atoms with Crippen LogP contribution >= 0.6 is 11.3 Å². The Kier molecular flexibility index (Phi) is 4.36. The third-order valence-electron chi connectivity index (χ3n) is 5.61. The van der Waals surface area contributed by atoms with Crippen molar-refractivity contribution >= 4 is 27.5 Å². The van der Waals surface area contributed by atoms with Crippen LogP contribution in [-0.2, 0) is 6.42 Å². The molecule has 0 saturated carbocycles. The minimum absolute atomic E-state index is 0.160. The highest BCUT2D eigenvalue weighted by Crippen LogP contribution is 2.39. The topological polar surface area (TPSA) is 87.9 Å². The molecule has 1 aliphatic heterocycles. The van der Waals surface area contributed by atoms with Gasteiger partial charge in [0.05, 0.1) is 16.7 Å². The van der Waals surface area contributed by atoms with E-state index >= 15 is 0 Å². The van der Waals surface area contributed by atoms with Gasteiger partial charge in [-0.3, -0.25) is 4.79 Å². The van der Waals surface area contributed by atoms with Crippen LogP contribution in [-0.4, -0.2) is 37.3 Å². The zero-order chi connectivity index (χ0) is 21.7. The van der Waals surface area contributed by atoms with Crippen LogP contribution in [0.1, 0.15) is 33.0 Å². The SMILES string of the molecule is O=C(c1ocnc1-c1ccccc1)N1CCc2[nH]cnc2[C@H]1c1nc2c(F)cccc2s1. The number of imidazole rings is 1. The summed E-state index contributed by atoms with van der Waals surface area (Å²) in [6, 6.07) is 13.7. The molecule has 9 heteroatoms. The number of hydrogen-bond donors (Lipinski definition) is 1. The summed E-state index contributed by atoms with van der Waals surface area (Å²) < 4.78 is 20.6. The van der Waals surface area contributed by atoms with Gasteiger partial charge in [-0.15, -0.1) is 11.3 Å². The molecule has 158 valence electrons. The average Bonchev–Trinajstić information content (AvgIpc) is 3.58. The normalized spacial score (nSPS) is 15.8. The highest BCUT2D eigenvalue weighted by atomic mass is 32.1. The first-order chi connectivity index (χ1) is 15.7. The molecule has 6 rings (SSSR count). The van der Waals surface area contributed by atoms with Crippen LogP contribution in [0.5, 0.6) is 0 Å². The monoisotopic (exact) mass is 445 g/mol. The first kappa shape index (κ1) is 18.9. The molecule has 4 heterocycles. The Morgan fingerprint density at radius 2 is 2.03 bits per heavy atom. The Labute approximate surface area is 185 Å². The van der Waals surface area contributed by atoms with Gasteiger partial charge >= 0.3 is 0 Å². The summed E-state index contributed by atoms with van der Waals surface area (Å²) in [5.74, 6) is -0.533. The molecule has 0 aliphatic carbocycles. The largest absolute Gasteiger partial charge is 0.438 e. The van der Waals surface area contributed by atoms with Gasteiger partial charge in [-0.05, 0) is 12.1 Å². The highest BCUT2D eigenvalue weighted by molar-refractivity contribution is 7.18. The molecule has 0 spiro atoms. The maximum absolute atomic E-state index is 14.3. The van der Waals surface area contributed by atoms with E-state index < -0.39 is 6.04 Å². The second-order valence-electron chi connectivity index (χ2n) is 7.45. The van der Waals surface area contributed by atoms with Crippen LogP contribution in [0.2, 0.25) is 0 Å². The molecule has 0 radical (unpaired) electrons. The number of aromatic amines is 1. The van der Waals surface area contributed by atoms with Crippen molar-refractivity contribution in [2.75, 3.05) is 6.54 Å². The van der Waals surface area contributed by atoms with Crippen LogP contribution in [0.25, 0.3) is 21.5 Å². The number of oxazole rings is 1. The number of H-pyrrole nitrogens is 1. The van der Waals surface area contributed by atoms with E-state index in [4.69, 9.17) is 4.42 Å². The van der Waals surface area contributed by atoms with Crippen LogP contribution < -0.4 is 0 Å². The van der Waals surface area contributed by atoms with Gasteiger partial charge in [-0.25, -0.2) is 19.3 Å². The fourth-order valence-electron chi connectivity index (χ4n) is 4.12. The molecule has 3 aromatic heterocycles. The zero-order valence-corrected chi connectivity index (χ0v) is 17.5. The number of aromatic nitrogens is 4. The number of hydrogen-bond acceptors (Lipinski definition) is 6. The maximum Gasteiger partial charge on any atom is 0.292 e. The molecule has 1 amide bonds. The van der Waals surface area contributed by atoms with Crippen molar-refractivity contribution in [2.24, 2.45) is 0 Å². The molecule has 0 bridgehead atoms. The first-order valence-electron chi connectivity index (χ1n) is 10.1. The van der Waals surface area contributed by atoms with Gasteiger partial charge in [0.2, 0.25) is 5.76 Å². The van der Waals surface area contributed by atoms with E-state index in [0.717, 1.165) is 16.0 Å². The third kappa shape index (κ3) is 2.93. The highest BCUT2D eigenvalue weighted by Gasteiger charge is 2.38. The van der Waals surface area contributed by atoms with E-state index in [1.54, 1.807) is 17.3 Å². The minimum atomic E-state index is -0.553. The summed E-state index contributed by atoms with van der Waals surface area (Å²) in [5.41, 5.74) is 3.23. The van der Waals surface area contributed by atoms with Gasteiger partial charge < -0.3 is 14.3 Å². The predicted molar refractivity (Wildman–Crippen MR) is 117 cm³/mol. The van der Waals surface area contributed by atoms with Crippen molar-refractivity contribution in [3.63, 3.8) is 0 Å². The summed E-state index contributed by atoms with van der Waals surface area (Å²) in [5, 5.41) is 0.604. The zero-order valence-electron chi connectivity index (χ0n) is 16.7. The number of para-hydroxylation sites is 1.